The van der Waals surface area contributed by atoms with Gasteiger partial charge in [-0.2, -0.15) is 4.98 Å². The van der Waals surface area contributed by atoms with Gasteiger partial charge in [-0.3, -0.25) is 9.69 Å². The smallest absolute Gasteiger partial charge is 0.265 e. The highest BCUT2D eigenvalue weighted by Gasteiger charge is 2.33. The van der Waals surface area contributed by atoms with Gasteiger partial charge in [-0.05, 0) is 42.8 Å². The number of halogens is 2. The number of nitrogens with zero attached hydrogens (tertiary/aromatic N) is 5. The minimum atomic E-state index is -0.559. The number of benzene rings is 2. The third kappa shape index (κ3) is 4.61. The van der Waals surface area contributed by atoms with Crippen LogP contribution in [0.25, 0.3) is 0 Å². The molecule has 2 N–H and O–H groups in total. The normalized spacial score (nSPS) is 18.0. The number of rotatable bonds is 5. The molecular formula is C25H27ClFN7O. The van der Waals surface area contributed by atoms with Crippen LogP contribution in [0.3, 0.4) is 0 Å². The number of amides is 1. The highest BCUT2D eigenvalue weighted by molar-refractivity contribution is 6.34. The van der Waals surface area contributed by atoms with Gasteiger partial charge in [-0.25, -0.2) is 9.37 Å². The van der Waals surface area contributed by atoms with E-state index in [0.717, 1.165) is 31.7 Å². The zero-order valence-corrected chi connectivity index (χ0v) is 20.4. The quantitative estimate of drug-likeness (QED) is 0.547. The van der Waals surface area contributed by atoms with Crippen molar-refractivity contribution in [3.63, 3.8) is 0 Å². The average molecular weight is 496 g/mol. The molecule has 0 spiro atoms. The van der Waals surface area contributed by atoms with E-state index in [9.17, 15) is 9.18 Å². The lowest BCUT2D eigenvalue weighted by Gasteiger charge is -2.35. The van der Waals surface area contributed by atoms with E-state index in [1.54, 1.807) is 18.0 Å². The van der Waals surface area contributed by atoms with Gasteiger partial charge >= 0.3 is 0 Å². The number of piperazine rings is 1. The number of nitrogens with one attached hydrogen (secondary N) is 2. The number of carbonyl (C=O) groups is 1. The molecule has 0 unspecified atom stereocenters. The number of hydrogen-bond donors (Lipinski definition) is 2. The molecule has 10 heteroatoms. The molecule has 1 fully saturated rings. The highest BCUT2D eigenvalue weighted by atomic mass is 35.5. The molecule has 1 atom stereocenters. The number of hydrogen-bond acceptors (Lipinski definition) is 7. The number of para-hydroxylation sites is 1. The van der Waals surface area contributed by atoms with Crippen molar-refractivity contribution in [2.24, 2.45) is 0 Å². The third-order valence-corrected chi connectivity index (χ3v) is 6.71. The molecule has 2 aromatic carbocycles. The first-order valence-corrected chi connectivity index (χ1v) is 12.0. The molecule has 5 rings (SSSR count). The zero-order valence-electron chi connectivity index (χ0n) is 19.6. The van der Waals surface area contributed by atoms with Crippen molar-refractivity contribution >= 4 is 46.3 Å². The van der Waals surface area contributed by atoms with Crippen LogP contribution in [0.4, 0.5) is 33.2 Å². The Kier molecular flexibility index (Phi) is 6.44. The predicted octanol–water partition coefficient (Wildman–Crippen LogP) is 4.26. The van der Waals surface area contributed by atoms with Crippen molar-refractivity contribution in [2.45, 2.75) is 19.4 Å². The van der Waals surface area contributed by atoms with E-state index in [1.807, 2.05) is 12.1 Å². The molecule has 35 heavy (non-hydrogen) atoms. The Hall–Kier alpha value is -3.43. The van der Waals surface area contributed by atoms with E-state index in [0.29, 0.717) is 17.8 Å². The van der Waals surface area contributed by atoms with Gasteiger partial charge in [0.25, 0.3) is 5.91 Å². The van der Waals surface area contributed by atoms with Crippen molar-refractivity contribution in [1.82, 2.24) is 15.3 Å². The van der Waals surface area contributed by atoms with E-state index in [4.69, 9.17) is 11.6 Å². The molecule has 0 saturated carbocycles. The molecule has 182 valence electrons. The molecular weight excluding hydrogens is 469 g/mol. The Morgan fingerprint density at radius 2 is 2.03 bits per heavy atom. The van der Waals surface area contributed by atoms with Crippen molar-refractivity contribution in [1.29, 1.82) is 0 Å². The monoisotopic (exact) mass is 495 g/mol. The lowest BCUT2D eigenvalue weighted by atomic mass is 10.1. The van der Waals surface area contributed by atoms with Gasteiger partial charge in [0.05, 0.1) is 11.7 Å². The number of carbonyl (C=O) groups excluding carboxylic acids is 1. The second kappa shape index (κ2) is 9.67. The third-order valence-electron chi connectivity index (χ3n) is 6.40. The van der Waals surface area contributed by atoms with Crippen LogP contribution in [0.15, 0.2) is 48.7 Å². The first-order chi connectivity index (χ1) is 16.9. The molecule has 1 amide bonds. The van der Waals surface area contributed by atoms with Crippen LogP contribution in [-0.2, 0) is 0 Å². The average Bonchev–Trinajstić information content (AvgIpc) is 2.87. The van der Waals surface area contributed by atoms with Crippen LogP contribution < -0.4 is 25.3 Å². The van der Waals surface area contributed by atoms with E-state index in [-0.39, 0.29) is 22.9 Å². The predicted molar refractivity (Wildman–Crippen MR) is 138 cm³/mol. The van der Waals surface area contributed by atoms with Crippen LogP contribution in [0.5, 0.6) is 0 Å². The van der Waals surface area contributed by atoms with E-state index in [1.165, 1.54) is 28.9 Å². The van der Waals surface area contributed by atoms with Crippen LogP contribution >= 0.6 is 11.6 Å². The molecule has 2 aliphatic rings. The molecule has 0 radical (unpaired) electrons. The van der Waals surface area contributed by atoms with Gasteiger partial charge in [0.2, 0.25) is 5.95 Å². The minimum absolute atomic E-state index is 0.0497. The Morgan fingerprint density at radius 3 is 2.77 bits per heavy atom. The maximum absolute atomic E-state index is 14.5. The first kappa shape index (κ1) is 23.3. The van der Waals surface area contributed by atoms with Crippen LogP contribution in [0, 0.1) is 5.82 Å². The van der Waals surface area contributed by atoms with Crippen LogP contribution in [-0.4, -0.2) is 55.3 Å². The highest BCUT2D eigenvalue weighted by Crippen LogP contribution is 2.34. The Bertz CT molecular complexity index is 1220. The molecule has 3 aromatic rings. The molecule has 1 saturated heterocycles. The summed E-state index contributed by atoms with van der Waals surface area (Å²) in [4.78, 5) is 27.5. The summed E-state index contributed by atoms with van der Waals surface area (Å²) in [5.74, 6) is -0.111. The molecule has 2 aliphatic heterocycles. The fraction of sp³-hybridized carbons (Fsp3) is 0.320. The SMILES string of the molecule is CC[C@H]1CN(c2ccc(Nc3ncc4c(n3)N(C)CN(c3c(F)cccc3Cl)C4=O)cc2)CCN1. The van der Waals surface area contributed by atoms with Crippen LogP contribution in [0.2, 0.25) is 5.02 Å². The van der Waals surface area contributed by atoms with Crippen molar-refractivity contribution < 1.29 is 9.18 Å². The molecule has 0 bridgehead atoms. The van der Waals surface area contributed by atoms with Gasteiger partial charge in [0.15, 0.2) is 0 Å². The van der Waals surface area contributed by atoms with Crippen molar-refractivity contribution in [2.75, 3.05) is 53.4 Å². The van der Waals surface area contributed by atoms with Gasteiger partial charge in [0.1, 0.15) is 22.9 Å². The second-order valence-electron chi connectivity index (χ2n) is 8.75. The maximum Gasteiger partial charge on any atom is 0.265 e. The fourth-order valence-electron chi connectivity index (χ4n) is 4.50. The summed E-state index contributed by atoms with van der Waals surface area (Å²) < 4.78 is 14.5. The molecule has 3 heterocycles. The Morgan fingerprint density at radius 1 is 1.23 bits per heavy atom. The summed E-state index contributed by atoms with van der Waals surface area (Å²) in [5, 5.41) is 6.92. The Balaban J connectivity index is 1.33. The summed E-state index contributed by atoms with van der Waals surface area (Å²) in [6, 6.07) is 13.0. The number of fused-ring (bicyclic) bond motifs is 1. The fourth-order valence-corrected chi connectivity index (χ4v) is 4.77. The summed E-state index contributed by atoms with van der Waals surface area (Å²) in [5.41, 5.74) is 2.36. The molecule has 0 aliphatic carbocycles. The van der Waals surface area contributed by atoms with Crippen molar-refractivity contribution in [3.8, 4) is 0 Å². The van der Waals surface area contributed by atoms with Gasteiger partial charge in [-0.1, -0.05) is 24.6 Å². The zero-order chi connectivity index (χ0) is 24.5. The molecule has 1 aromatic heterocycles. The number of aromatic nitrogens is 2. The maximum atomic E-state index is 14.5. The summed E-state index contributed by atoms with van der Waals surface area (Å²) in [6.07, 6.45) is 2.57. The van der Waals surface area contributed by atoms with E-state index in [2.05, 4.69) is 44.6 Å². The van der Waals surface area contributed by atoms with Gasteiger partial charge < -0.3 is 20.4 Å². The number of anilines is 5. The minimum Gasteiger partial charge on any atom is -0.369 e. The standard InChI is InChI=1S/C25H27ClFN7O/c1-3-16-14-33(12-11-28-16)18-9-7-17(8-10-18)30-25-29-13-19-23(31-25)32(2)15-34(24(19)35)22-20(26)5-4-6-21(22)27/h4-10,13,16,28H,3,11-12,14-15H2,1-2H3,(H,29,30,31)/t16-/m0/s1. The lowest BCUT2D eigenvalue weighted by Crippen LogP contribution is -2.50. The van der Waals surface area contributed by atoms with Crippen molar-refractivity contribution in [3.05, 3.63) is 65.1 Å². The first-order valence-electron chi connectivity index (χ1n) is 11.6. The summed E-state index contributed by atoms with van der Waals surface area (Å²) in [7, 11) is 1.79. The van der Waals surface area contributed by atoms with Gasteiger partial charge in [0, 0.05) is 50.3 Å². The largest absolute Gasteiger partial charge is 0.369 e. The topological polar surface area (TPSA) is 76.6 Å². The van der Waals surface area contributed by atoms with Crippen LogP contribution in [0.1, 0.15) is 23.7 Å². The summed E-state index contributed by atoms with van der Waals surface area (Å²) in [6.45, 7) is 5.26. The Labute approximate surface area is 208 Å². The van der Waals surface area contributed by atoms with E-state index < -0.39 is 11.7 Å². The second-order valence-corrected chi connectivity index (χ2v) is 9.16. The lowest BCUT2D eigenvalue weighted by molar-refractivity contribution is 0.0981. The molecule has 8 nitrogen and oxygen atoms in total. The summed E-state index contributed by atoms with van der Waals surface area (Å²) >= 11 is 6.19. The van der Waals surface area contributed by atoms with E-state index >= 15 is 0 Å². The van der Waals surface area contributed by atoms with Gasteiger partial charge in [-0.15, -0.1) is 0 Å².